The molecule has 1 aromatic rings. The molecule has 94 valence electrons. The van der Waals surface area contributed by atoms with Crippen molar-refractivity contribution in [1.29, 1.82) is 0 Å². The average molecular weight is 278 g/mol. The van der Waals surface area contributed by atoms with Crippen molar-refractivity contribution in [2.45, 2.75) is 17.9 Å². The lowest BCUT2D eigenvalue weighted by Gasteiger charge is -2.13. The Morgan fingerprint density at radius 2 is 2.12 bits per heavy atom. The highest BCUT2D eigenvalue weighted by Crippen LogP contribution is 2.20. The van der Waals surface area contributed by atoms with Crippen LogP contribution < -0.4 is 10.5 Å². The van der Waals surface area contributed by atoms with E-state index in [1.165, 1.54) is 19.1 Å². The second kappa shape index (κ2) is 5.35. The fourth-order valence-corrected chi connectivity index (χ4v) is 2.84. The minimum Gasteiger partial charge on any atom is -0.409 e. The molecule has 0 spiro atoms. The van der Waals surface area contributed by atoms with Gasteiger partial charge >= 0.3 is 0 Å². The van der Waals surface area contributed by atoms with Gasteiger partial charge in [-0.3, -0.25) is 0 Å². The predicted octanol–water partition coefficient (Wildman–Crippen LogP) is 0.753. The standard InChI is InChI=1S/C9H12ClN3O3S/c1-6(9(11)12-14)13-17(15,16)8-5-3-2-4-7(8)10/h2-6,13-14H,1H3,(H2,11,12). The topological polar surface area (TPSA) is 105 Å². The summed E-state index contributed by atoms with van der Waals surface area (Å²) in [6.45, 7) is 1.45. The van der Waals surface area contributed by atoms with Crippen molar-refractivity contribution in [3.63, 3.8) is 0 Å². The van der Waals surface area contributed by atoms with Crippen LogP contribution in [0.1, 0.15) is 6.92 Å². The third-order valence-corrected chi connectivity index (χ3v) is 4.06. The van der Waals surface area contributed by atoms with E-state index in [0.29, 0.717) is 0 Å². The van der Waals surface area contributed by atoms with Crippen molar-refractivity contribution in [1.82, 2.24) is 4.72 Å². The molecule has 0 heterocycles. The van der Waals surface area contributed by atoms with Gasteiger partial charge in [0.05, 0.1) is 11.1 Å². The number of sulfonamides is 1. The van der Waals surface area contributed by atoms with Crippen LogP contribution in [-0.2, 0) is 10.0 Å². The Balaban J connectivity index is 3.02. The summed E-state index contributed by atoms with van der Waals surface area (Å²) in [6, 6.07) is 5.16. The maximum atomic E-state index is 11.9. The van der Waals surface area contributed by atoms with Crippen LogP contribution in [0.15, 0.2) is 34.3 Å². The molecule has 0 fully saturated rings. The zero-order valence-corrected chi connectivity index (χ0v) is 10.5. The van der Waals surface area contributed by atoms with E-state index >= 15 is 0 Å². The van der Waals surface area contributed by atoms with Crippen LogP contribution in [0, 0.1) is 0 Å². The number of benzene rings is 1. The summed E-state index contributed by atoms with van der Waals surface area (Å²) in [6.07, 6.45) is 0. The molecular formula is C9H12ClN3O3S. The van der Waals surface area contributed by atoms with E-state index in [9.17, 15) is 8.42 Å². The first-order valence-corrected chi connectivity index (χ1v) is 6.49. The SMILES string of the molecule is CC(NS(=O)(=O)c1ccccc1Cl)/C(N)=N/O. The number of halogens is 1. The molecule has 0 saturated heterocycles. The predicted molar refractivity (Wildman–Crippen MR) is 64.6 cm³/mol. The van der Waals surface area contributed by atoms with Crippen LogP contribution >= 0.6 is 11.6 Å². The van der Waals surface area contributed by atoms with Crippen molar-refractivity contribution in [3.8, 4) is 0 Å². The lowest BCUT2D eigenvalue weighted by Crippen LogP contribution is -2.42. The highest BCUT2D eigenvalue weighted by atomic mass is 35.5. The fraction of sp³-hybridized carbons (Fsp3) is 0.222. The van der Waals surface area contributed by atoms with Gasteiger partial charge in [-0.2, -0.15) is 0 Å². The summed E-state index contributed by atoms with van der Waals surface area (Å²) in [4.78, 5) is -0.0562. The van der Waals surface area contributed by atoms with Gasteiger partial charge in [-0.25, -0.2) is 13.1 Å². The molecule has 1 unspecified atom stereocenters. The Morgan fingerprint density at radius 1 is 1.53 bits per heavy atom. The van der Waals surface area contributed by atoms with E-state index in [-0.39, 0.29) is 15.8 Å². The molecule has 0 aromatic heterocycles. The number of amidine groups is 1. The first-order valence-electron chi connectivity index (χ1n) is 4.62. The van der Waals surface area contributed by atoms with E-state index in [1.807, 2.05) is 0 Å². The van der Waals surface area contributed by atoms with E-state index in [4.69, 9.17) is 22.5 Å². The number of nitrogens with zero attached hydrogens (tertiary/aromatic N) is 1. The van der Waals surface area contributed by atoms with E-state index in [1.54, 1.807) is 12.1 Å². The van der Waals surface area contributed by atoms with Gasteiger partial charge in [0.2, 0.25) is 10.0 Å². The van der Waals surface area contributed by atoms with E-state index < -0.39 is 16.1 Å². The quantitative estimate of drug-likeness (QED) is 0.327. The molecule has 0 saturated carbocycles. The lowest BCUT2D eigenvalue weighted by molar-refractivity contribution is 0.316. The Hall–Kier alpha value is -1.31. The smallest absolute Gasteiger partial charge is 0.242 e. The molecule has 0 bridgehead atoms. The molecule has 0 aliphatic rings. The number of rotatable bonds is 4. The van der Waals surface area contributed by atoms with Crippen molar-refractivity contribution < 1.29 is 13.6 Å². The summed E-state index contributed by atoms with van der Waals surface area (Å²) in [5, 5.41) is 11.3. The van der Waals surface area contributed by atoms with Crippen LogP contribution in [0.2, 0.25) is 5.02 Å². The second-order valence-electron chi connectivity index (χ2n) is 3.30. The summed E-state index contributed by atoms with van der Waals surface area (Å²) in [7, 11) is -3.80. The average Bonchev–Trinajstić information content (AvgIpc) is 2.27. The molecule has 1 rings (SSSR count). The van der Waals surface area contributed by atoms with E-state index in [2.05, 4.69) is 9.88 Å². The lowest BCUT2D eigenvalue weighted by atomic mass is 10.3. The number of hydrogen-bond acceptors (Lipinski definition) is 4. The third-order valence-electron chi connectivity index (χ3n) is 2.02. The molecular weight excluding hydrogens is 266 g/mol. The van der Waals surface area contributed by atoms with Crippen LogP contribution in [0.4, 0.5) is 0 Å². The van der Waals surface area contributed by atoms with Gasteiger partial charge in [-0.1, -0.05) is 28.9 Å². The normalized spacial score (nSPS) is 14.6. The number of oxime groups is 1. The van der Waals surface area contributed by atoms with Gasteiger partial charge in [-0.15, -0.1) is 0 Å². The molecule has 0 aliphatic carbocycles. The summed E-state index contributed by atoms with van der Waals surface area (Å²) in [5.41, 5.74) is 5.28. The van der Waals surface area contributed by atoms with E-state index in [0.717, 1.165) is 0 Å². The van der Waals surface area contributed by atoms with Crippen LogP contribution in [-0.4, -0.2) is 25.5 Å². The zero-order chi connectivity index (χ0) is 13.1. The van der Waals surface area contributed by atoms with Crippen LogP contribution in [0.3, 0.4) is 0 Å². The molecule has 6 nitrogen and oxygen atoms in total. The summed E-state index contributed by atoms with van der Waals surface area (Å²) in [5.74, 6) is -0.236. The maximum absolute atomic E-state index is 11.9. The van der Waals surface area contributed by atoms with Gasteiger partial charge in [0, 0.05) is 0 Å². The van der Waals surface area contributed by atoms with Gasteiger partial charge in [0.25, 0.3) is 0 Å². The largest absolute Gasteiger partial charge is 0.409 e. The molecule has 0 amide bonds. The van der Waals surface area contributed by atoms with Crippen molar-refractivity contribution in [2.24, 2.45) is 10.9 Å². The Morgan fingerprint density at radius 3 is 2.65 bits per heavy atom. The van der Waals surface area contributed by atoms with Crippen LogP contribution in [0.25, 0.3) is 0 Å². The molecule has 0 radical (unpaired) electrons. The first kappa shape index (κ1) is 13.8. The Kier molecular flexibility index (Phi) is 4.33. The third kappa shape index (κ3) is 3.32. The molecule has 4 N–H and O–H groups in total. The molecule has 0 aliphatic heterocycles. The number of nitrogens with two attached hydrogens (primary N) is 1. The van der Waals surface area contributed by atoms with Gasteiger partial charge < -0.3 is 10.9 Å². The number of hydrogen-bond donors (Lipinski definition) is 3. The molecule has 1 atom stereocenters. The minimum absolute atomic E-state index is 0.0562. The summed E-state index contributed by atoms with van der Waals surface area (Å²) >= 11 is 5.78. The van der Waals surface area contributed by atoms with Crippen LogP contribution in [0.5, 0.6) is 0 Å². The maximum Gasteiger partial charge on any atom is 0.242 e. The van der Waals surface area contributed by atoms with Gasteiger partial charge in [0.1, 0.15) is 4.90 Å². The minimum atomic E-state index is -3.80. The molecule has 1 aromatic carbocycles. The van der Waals surface area contributed by atoms with Crippen molar-refractivity contribution in [2.75, 3.05) is 0 Å². The van der Waals surface area contributed by atoms with Crippen molar-refractivity contribution in [3.05, 3.63) is 29.3 Å². The molecule has 17 heavy (non-hydrogen) atoms. The molecule has 8 heteroatoms. The fourth-order valence-electron chi connectivity index (χ4n) is 1.11. The number of nitrogens with one attached hydrogen (secondary N) is 1. The zero-order valence-electron chi connectivity index (χ0n) is 8.96. The Bertz CT molecular complexity index is 530. The highest BCUT2D eigenvalue weighted by Gasteiger charge is 2.21. The monoisotopic (exact) mass is 277 g/mol. The summed E-state index contributed by atoms with van der Waals surface area (Å²) < 4.78 is 26.0. The van der Waals surface area contributed by atoms with Gasteiger partial charge in [0.15, 0.2) is 5.84 Å². The second-order valence-corrected chi connectivity index (χ2v) is 5.39. The Labute approximate surface area is 104 Å². The first-order chi connectivity index (χ1) is 7.88. The highest BCUT2D eigenvalue weighted by molar-refractivity contribution is 7.89. The van der Waals surface area contributed by atoms with Crippen molar-refractivity contribution >= 4 is 27.5 Å². The van der Waals surface area contributed by atoms with Gasteiger partial charge in [-0.05, 0) is 19.1 Å².